The molecule has 4 N–H and O–H groups in total. The van der Waals surface area contributed by atoms with Gasteiger partial charge in [-0.2, -0.15) is 9.97 Å². The van der Waals surface area contributed by atoms with Crippen LogP contribution in [0.4, 0.5) is 11.8 Å². The molecule has 0 amide bonds. The standard InChI is InChI=1S/C21H28N8O2/c1-3-29-20-18(27-28-29)19(23-12-14-7-6-8-15(11-14)31-13(2)30)25-21(26-20)24-17-10-5-4-9-16(17)22/h6-8,11,16-17H,3-5,9-10,12,22H2,1-2H3,(H2,23,24,25,26). The van der Waals surface area contributed by atoms with Gasteiger partial charge in [0.05, 0.1) is 0 Å². The van der Waals surface area contributed by atoms with Gasteiger partial charge in [0.2, 0.25) is 5.95 Å². The number of aromatic nitrogens is 5. The van der Waals surface area contributed by atoms with Gasteiger partial charge in [-0.25, -0.2) is 4.68 Å². The van der Waals surface area contributed by atoms with Crippen LogP contribution in [0.5, 0.6) is 5.75 Å². The molecule has 1 aliphatic rings. The van der Waals surface area contributed by atoms with Gasteiger partial charge in [0.25, 0.3) is 0 Å². The van der Waals surface area contributed by atoms with E-state index in [2.05, 4.69) is 30.9 Å². The van der Waals surface area contributed by atoms with E-state index in [-0.39, 0.29) is 18.1 Å². The Bertz CT molecular complexity index is 1070. The van der Waals surface area contributed by atoms with Gasteiger partial charge >= 0.3 is 5.97 Å². The van der Waals surface area contributed by atoms with Crippen molar-refractivity contribution in [1.29, 1.82) is 0 Å². The van der Waals surface area contributed by atoms with Gasteiger partial charge in [0.15, 0.2) is 17.0 Å². The fraction of sp³-hybridized carbons (Fsp3) is 0.476. The number of fused-ring (bicyclic) bond motifs is 1. The normalized spacial score (nSPS) is 18.7. The molecule has 0 saturated heterocycles. The monoisotopic (exact) mass is 424 g/mol. The van der Waals surface area contributed by atoms with Crippen LogP contribution in [0, 0.1) is 0 Å². The molecular weight excluding hydrogens is 396 g/mol. The number of esters is 1. The third-order valence-corrected chi connectivity index (χ3v) is 5.42. The number of aryl methyl sites for hydroxylation is 1. The molecule has 3 aromatic rings. The summed E-state index contributed by atoms with van der Waals surface area (Å²) in [5.41, 5.74) is 8.51. The first kappa shape index (κ1) is 21.0. The Balaban J connectivity index is 1.58. The molecule has 4 rings (SSSR count). The van der Waals surface area contributed by atoms with Crippen molar-refractivity contribution in [3.8, 4) is 5.75 Å². The summed E-state index contributed by atoms with van der Waals surface area (Å²) < 4.78 is 6.91. The molecule has 2 unspecified atom stereocenters. The average molecular weight is 425 g/mol. The minimum absolute atomic E-state index is 0.0858. The number of benzene rings is 1. The molecule has 164 valence electrons. The zero-order valence-corrected chi connectivity index (χ0v) is 17.8. The molecule has 0 aliphatic heterocycles. The molecule has 0 spiro atoms. The third-order valence-electron chi connectivity index (χ3n) is 5.42. The number of ether oxygens (including phenoxy) is 1. The molecule has 0 bridgehead atoms. The second kappa shape index (κ2) is 9.25. The Morgan fingerprint density at radius 3 is 2.90 bits per heavy atom. The van der Waals surface area contributed by atoms with Gasteiger partial charge in [-0.1, -0.05) is 30.2 Å². The molecule has 0 radical (unpaired) electrons. The second-order valence-corrected chi connectivity index (χ2v) is 7.77. The summed E-state index contributed by atoms with van der Waals surface area (Å²) in [6.07, 6.45) is 4.30. The Morgan fingerprint density at radius 1 is 1.29 bits per heavy atom. The third kappa shape index (κ3) is 4.91. The lowest BCUT2D eigenvalue weighted by Gasteiger charge is -2.29. The Labute approximate surface area is 180 Å². The van der Waals surface area contributed by atoms with Crippen molar-refractivity contribution in [2.24, 2.45) is 5.73 Å². The van der Waals surface area contributed by atoms with Gasteiger partial charge in [-0.15, -0.1) is 5.10 Å². The summed E-state index contributed by atoms with van der Waals surface area (Å²) in [6.45, 7) is 4.50. The van der Waals surface area contributed by atoms with Crippen LogP contribution in [0.15, 0.2) is 24.3 Å². The first-order valence-corrected chi connectivity index (χ1v) is 10.7. The number of hydrogen-bond donors (Lipinski definition) is 3. The maximum absolute atomic E-state index is 11.2. The first-order valence-electron chi connectivity index (χ1n) is 10.7. The van der Waals surface area contributed by atoms with Crippen molar-refractivity contribution in [1.82, 2.24) is 25.0 Å². The van der Waals surface area contributed by atoms with Gasteiger partial charge in [-0.3, -0.25) is 4.79 Å². The fourth-order valence-electron chi connectivity index (χ4n) is 3.83. The minimum atomic E-state index is -0.351. The number of nitrogens with one attached hydrogen (secondary N) is 2. The van der Waals surface area contributed by atoms with Gasteiger partial charge in [0, 0.05) is 32.1 Å². The van der Waals surface area contributed by atoms with Crippen molar-refractivity contribution < 1.29 is 9.53 Å². The molecule has 1 aromatic carbocycles. The number of rotatable bonds is 7. The highest BCUT2D eigenvalue weighted by atomic mass is 16.5. The molecule has 2 atom stereocenters. The maximum Gasteiger partial charge on any atom is 0.308 e. The van der Waals surface area contributed by atoms with Gasteiger partial charge in [0.1, 0.15) is 5.75 Å². The number of carbonyl (C=O) groups excluding carboxylic acids is 1. The molecule has 1 saturated carbocycles. The van der Waals surface area contributed by atoms with Crippen molar-refractivity contribution in [2.75, 3.05) is 10.6 Å². The smallest absolute Gasteiger partial charge is 0.308 e. The van der Waals surface area contributed by atoms with E-state index >= 15 is 0 Å². The number of anilines is 2. The molecule has 10 nitrogen and oxygen atoms in total. The van der Waals surface area contributed by atoms with E-state index < -0.39 is 0 Å². The summed E-state index contributed by atoms with van der Waals surface area (Å²) in [5.74, 6) is 1.26. The van der Waals surface area contributed by atoms with E-state index in [1.807, 2.05) is 25.1 Å². The highest BCUT2D eigenvalue weighted by molar-refractivity contribution is 5.83. The van der Waals surface area contributed by atoms with E-state index in [4.69, 9.17) is 10.5 Å². The van der Waals surface area contributed by atoms with Crippen LogP contribution in [0.3, 0.4) is 0 Å². The van der Waals surface area contributed by atoms with E-state index in [1.165, 1.54) is 6.92 Å². The number of hydrogen-bond acceptors (Lipinski definition) is 9. The molecule has 10 heteroatoms. The van der Waals surface area contributed by atoms with Crippen LogP contribution in [-0.4, -0.2) is 43.0 Å². The highest BCUT2D eigenvalue weighted by Crippen LogP contribution is 2.24. The van der Waals surface area contributed by atoms with E-state index in [0.29, 0.717) is 41.8 Å². The van der Waals surface area contributed by atoms with E-state index in [9.17, 15) is 4.79 Å². The van der Waals surface area contributed by atoms with Crippen molar-refractivity contribution in [2.45, 2.75) is 64.7 Å². The summed E-state index contributed by atoms with van der Waals surface area (Å²) in [7, 11) is 0. The largest absolute Gasteiger partial charge is 0.427 e. The lowest BCUT2D eigenvalue weighted by atomic mass is 9.91. The first-order chi connectivity index (χ1) is 15.0. The molecule has 2 heterocycles. The number of carbonyl (C=O) groups is 1. The summed E-state index contributed by atoms with van der Waals surface area (Å²) >= 11 is 0. The Kier molecular flexibility index (Phi) is 6.26. The minimum Gasteiger partial charge on any atom is -0.427 e. The van der Waals surface area contributed by atoms with E-state index in [0.717, 1.165) is 31.2 Å². The predicted molar refractivity (Wildman–Crippen MR) is 118 cm³/mol. The van der Waals surface area contributed by atoms with Crippen LogP contribution < -0.4 is 21.1 Å². The zero-order chi connectivity index (χ0) is 21.8. The van der Waals surface area contributed by atoms with Crippen LogP contribution in [-0.2, 0) is 17.9 Å². The summed E-state index contributed by atoms with van der Waals surface area (Å²) in [4.78, 5) is 20.5. The number of nitrogens with zero attached hydrogens (tertiary/aromatic N) is 5. The predicted octanol–water partition coefficient (Wildman–Crippen LogP) is 2.46. The maximum atomic E-state index is 11.2. The topological polar surface area (TPSA) is 133 Å². The van der Waals surface area contributed by atoms with Crippen LogP contribution in [0.1, 0.15) is 45.1 Å². The summed E-state index contributed by atoms with van der Waals surface area (Å²) in [5, 5.41) is 15.2. The van der Waals surface area contributed by atoms with Gasteiger partial charge < -0.3 is 21.1 Å². The lowest BCUT2D eigenvalue weighted by molar-refractivity contribution is -0.131. The average Bonchev–Trinajstić information content (AvgIpc) is 3.17. The Hall–Kier alpha value is -3.27. The van der Waals surface area contributed by atoms with Crippen LogP contribution >= 0.6 is 0 Å². The van der Waals surface area contributed by atoms with Crippen molar-refractivity contribution >= 4 is 28.9 Å². The molecular formula is C21H28N8O2. The van der Waals surface area contributed by atoms with Crippen molar-refractivity contribution in [3.63, 3.8) is 0 Å². The highest BCUT2D eigenvalue weighted by Gasteiger charge is 2.23. The Morgan fingerprint density at radius 2 is 2.13 bits per heavy atom. The molecule has 1 aliphatic carbocycles. The number of nitrogens with two attached hydrogens (primary N) is 1. The van der Waals surface area contributed by atoms with Gasteiger partial charge in [-0.05, 0) is 37.5 Å². The van der Waals surface area contributed by atoms with Crippen LogP contribution in [0.25, 0.3) is 11.2 Å². The quantitative estimate of drug-likeness (QED) is 0.386. The fourth-order valence-corrected chi connectivity index (χ4v) is 3.83. The lowest BCUT2D eigenvalue weighted by Crippen LogP contribution is -2.43. The molecule has 1 fully saturated rings. The van der Waals surface area contributed by atoms with Crippen LogP contribution in [0.2, 0.25) is 0 Å². The zero-order valence-electron chi connectivity index (χ0n) is 17.8. The molecule has 2 aromatic heterocycles. The van der Waals surface area contributed by atoms with E-state index in [1.54, 1.807) is 10.7 Å². The van der Waals surface area contributed by atoms with Crippen molar-refractivity contribution in [3.05, 3.63) is 29.8 Å². The summed E-state index contributed by atoms with van der Waals surface area (Å²) in [6, 6.07) is 7.58. The molecule has 31 heavy (non-hydrogen) atoms. The second-order valence-electron chi connectivity index (χ2n) is 7.77. The SMILES string of the molecule is CCn1nnc2c(NCc3cccc(OC(C)=O)c3)nc(NC3CCCCC3N)nc21.